The predicted molar refractivity (Wildman–Crippen MR) is 71.7 cm³/mol. The molecule has 6 nitrogen and oxygen atoms in total. The third-order valence-corrected chi connectivity index (χ3v) is 3.13. The number of methoxy groups -OCH3 is 2. The van der Waals surface area contributed by atoms with Gasteiger partial charge in [-0.15, -0.1) is 0 Å². The summed E-state index contributed by atoms with van der Waals surface area (Å²) in [6.07, 6.45) is -1.51. The van der Waals surface area contributed by atoms with Gasteiger partial charge in [0.15, 0.2) is 0 Å². The lowest BCUT2D eigenvalue weighted by molar-refractivity contribution is 0.0958. The van der Waals surface area contributed by atoms with Gasteiger partial charge in [0.05, 0.1) is 20.8 Å². The predicted octanol–water partition coefficient (Wildman–Crippen LogP) is 2.25. The number of rotatable bonds is 4. The van der Waals surface area contributed by atoms with Crippen LogP contribution >= 0.6 is 11.9 Å². The fourth-order valence-electron chi connectivity index (χ4n) is 1.44. The molecule has 2 amide bonds. The quantitative estimate of drug-likeness (QED) is 0.855. The zero-order valence-corrected chi connectivity index (χ0v) is 11.8. The molecule has 1 N–H and O–H groups in total. The molecule has 0 atom stereocenters. The lowest BCUT2D eigenvalue weighted by Gasteiger charge is -2.19. The molecule has 0 spiro atoms. The first kappa shape index (κ1) is 15.3. The van der Waals surface area contributed by atoms with Gasteiger partial charge in [-0.05, 0) is 30.6 Å². The van der Waals surface area contributed by atoms with Gasteiger partial charge in [0.1, 0.15) is 0 Å². The topological polar surface area (TPSA) is 67.9 Å². The molecule has 1 rings (SSSR count). The van der Waals surface area contributed by atoms with E-state index in [1.807, 2.05) is 24.3 Å². The van der Waals surface area contributed by atoms with Crippen LogP contribution < -0.4 is 4.72 Å². The summed E-state index contributed by atoms with van der Waals surface area (Å²) in [6.45, 7) is 0.0875. The lowest BCUT2D eigenvalue weighted by Crippen LogP contribution is -2.36. The minimum absolute atomic E-state index is 0.0875. The molecule has 0 fully saturated rings. The zero-order valence-electron chi connectivity index (χ0n) is 11.0. The molecule has 0 radical (unpaired) electrons. The van der Waals surface area contributed by atoms with E-state index in [0.717, 1.165) is 15.4 Å². The van der Waals surface area contributed by atoms with Crippen LogP contribution in [0.2, 0.25) is 0 Å². The van der Waals surface area contributed by atoms with E-state index in [2.05, 4.69) is 14.2 Å². The highest BCUT2D eigenvalue weighted by molar-refractivity contribution is 7.97. The van der Waals surface area contributed by atoms with E-state index in [1.54, 1.807) is 7.05 Å². The number of ether oxygens (including phenoxy) is 2. The third kappa shape index (κ3) is 4.15. The zero-order chi connectivity index (χ0) is 14.3. The highest BCUT2D eigenvalue weighted by atomic mass is 32.2. The van der Waals surface area contributed by atoms with Crippen LogP contribution in [-0.2, 0) is 16.0 Å². The number of hydrogen-bond acceptors (Lipinski definition) is 6. The summed E-state index contributed by atoms with van der Waals surface area (Å²) in [4.78, 5) is 24.9. The fourth-order valence-corrected chi connectivity index (χ4v) is 2.07. The van der Waals surface area contributed by atoms with Crippen molar-refractivity contribution in [3.05, 3.63) is 29.8 Å². The first-order valence-corrected chi connectivity index (χ1v) is 6.30. The molecular weight excluding hydrogens is 268 g/mol. The molecule has 0 heterocycles. The van der Waals surface area contributed by atoms with Crippen molar-refractivity contribution in [1.29, 1.82) is 0 Å². The third-order valence-electron chi connectivity index (χ3n) is 2.30. The highest BCUT2D eigenvalue weighted by Gasteiger charge is 2.24. The van der Waals surface area contributed by atoms with Gasteiger partial charge in [-0.25, -0.2) is 14.5 Å². The molecule has 7 heteroatoms. The molecule has 0 aromatic heterocycles. The number of carbonyl (C=O) groups excluding carboxylic acids is 2. The molecule has 0 bridgehead atoms. The summed E-state index contributed by atoms with van der Waals surface area (Å²) in [5, 5.41) is 0. The van der Waals surface area contributed by atoms with Gasteiger partial charge in [-0.2, -0.15) is 0 Å². The maximum absolute atomic E-state index is 11.6. The summed E-state index contributed by atoms with van der Waals surface area (Å²) in [7, 11) is 4.22. The van der Waals surface area contributed by atoms with E-state index in [0.29, 0.717) is 0 Å². The van der Waals surface area contributed by atoms with E-state index in [4.69, 9.17) is 0 Å². The Morgan fingerprint density at radius 2 is 1.79 bits per heavy atom. The molecular formula is C12H16N2O4S. The van der Waals surface area contributed by atoms with Gasteiger partial charge < -0.3 is 9.47 Å². The van der Waals surface area contributed by atoms with Crippen molar-refractivity contribution in [2.75, 3.05) is 21.3 Å². The number of imide groups is 1. The molecule has 19 heavy (non-hydrogen) atoms. The fraction of sp³-hybridized carbons (Fsp3) is 0.333. The SMILES string of the molecule is CNSc1ccccc1CN(C(=O)OC)C(=O)OC. The molecule has 0 saturated heterocycles. The summed E-state index contributed by atoms with van der Waals surface area (Å²) < 4.78 is 12.1. The van der Waals surface area contributed by atoms with Crippen molar-refractivity contribution >= 4 is 24.1 Å². The Kier molecular flexibility index (Phi) is 6.17. The van der Waals surface area contributed by atoms with Gasteiger partial charge in [-0.3, -0.25) is 4.72 Å². The molecule has 1 aromatic carbocycles. The average Bonchev–Trinajstić information content (AvgIpc) is 2.45. The van der Waals surface area contributed by atoms with Crippen molar-refractivity contribution in [3.63, 3.8) is 0 Å². The van der Waals surface area contributed by atoms with Gasteiger partial charge in [0.2, 0.25) is 0 Å². The van der Waals surface area contributed by atoms with E-state index in [-0.39, 0.29) is 6.54 Å². The van der Waals surface area contributed by atoms with Gasteiger partial charge in [0, 0.05) is 4.90 Å². The summed E-state index contributed by atoms with van der Waals surface area (Å²) in [5.74, 6) is 0. The normalized spacial score (nSPS) is 9.84. The second-order valence-electron chi connectivity index (χ2n) is 3.44. The van der Waals surface area contributed by atoms with Crippen LogP contribution in [0.15, 0.2) is 29.2 Å². The number of nitrogens with zero attached hydrogens (tertiary/aromatic N) is 1. The second kappa shape index (κ2) is 7.65. The number of amides is 2. The van der Waals surface area contributed by atoms with Crippen molar-refractivity contribution in [3.8, 4) is 0 Å². The number of carbonyl (C=O) groups is 2. The van der Waals surface area contributed by atoms with Gasteiger partial charge >= 0.3 is 12.2 Å². The van der Waals surface area contributed by atoms with E-state index in [1.165, 1.54) is 26.2 Å². The summed E-state index contributed by atoms with van der Waals surface area (Å²) >= 11 is 1.40. The van der Waals surface area contributed by atoms with Gasteiger partial charge in [0.25, 0.3) is 0 Å². The largest absolute Gasteiger partial charge is 0.452 e. The Labute approximate surface area is 116 Å². The lowest BCUT2D eigenvalue weighted by atomic mass is 10.2. The molecule has 0 aliphatic carbocycles. The van der Waals surface area contributed by atoms with Crippen molar-refractivity contribution in [2.24, 2.45) is 0 Å². The van der Waals surface area contributed by atoms with Crippen LogP contribution in [0.25, 0.3) is 0 Å². The first-order chi connectivity index (χ1) is 9.13. The maximum atomic E-state index is 11.6. The van der Waals surface area contributed by atoms with Crippen LogP contribution in [0, 0.1) is 0 Å². The van der Waals surface area contributed by atoms with Crippen LogP contribution in [0.4, 0.5) is 9.59 Å². The number of hydrogen-bond donors (Lipinski definition) is 1. The Morgan fingerprint density at radius 3 is 2.32 bits per heavy atom. The van der Waals surface area contributed by atoms with E-state index in [9.17, 15) is 9.59 Å². The smallest absolute Gasteiger partial charge is 0.419 e. The monoisotopic (exact) mass is 284 g/mol. The van der Waals surface area contributed by atoms with Crippen LogP contribution in [0.3, 0.4) is 0 Å². The summed E-state index contributed by atoms with van der Waals surface area (Å²) in [6, 6.07) is 7.44. The van der Waals surface area contributed by atoms with Crippen LogP contribution in [0.1, 0.15) is 5.56 Å². The standard InChI is InChI=1S/C12H16N2O4S/c1-13-19-10-7-5-4-6-9(10)8-14(11(15)17-2)12(16)18-3/h4-7,13H,8H2,1-3H3. The number of nitrogens with one attached hydrogen (secondary N) is 1. The molecule has 0 unspecified atom stereocenters. The van der Waals surface area contributed by atoms with E-state index >= 15 is 0 Å². The highest BCUT2D eigenvalue weighted by Crippen LogP contribution is 2.21. The Bertz CT molecular complexity index is 437. The average molecular weight is 284 g/mol. The molecule has 0 saturated carbocycles. The van der Waals surface area contributed by atoms with Crippen molar-refractivity contribution in [2.45, 2.75) is 11.4 Å². The van der Waals surface area contributed by atoms with Crippen molar-refractivity contribution in [1.82, 2.24) is 9.62 Å². The number of benzene rings is 1. The van der Waals surface area contributed by atoms with Crippen molar-refractivity contribution < 1.29 is 19.1 Å². The van der Waals surface area contributed by atoms with Crippen LogP contribution in [-0.4, -0.2) is 38.4 Å². The second-order valence-corrected chi connectivity index (χ2v) is 4.49. The minimum atomic E-state index is -0.754. The molecule has 0 aliphatic rings. The maximum Gasteiger partial charge on any atom is 0.419 e. The Hall–Kier alpha value is -1.73. The molecule has 0 aliphatic heterocycles. The Morgan fingerprint density at radius 1 is 1.21 bits per heavy atom. The molecule has 1 aromatic rings. The Balaban J connectivity index is 2.96. The minimum Gasteiger partial charge on any atom is -0.452 e. The van der Waals surface area contributed by atoms with Crippen LogP contribution in [0.5, 0.6) is 0 Å². The summed E-state index contributed by atoms with van der Waals surface area (Å²) in [5.41, 5.74) is 0.817. The van der Waals surface area contributed by atoms with Gasteiger partial charge in [-0.1, -0.05) is 18.2 Å². The van der Waals surface area contributed by atoms with E-state index < -0.39 is 12.2 Å². The first-order valence-electron chi connectivity index (χ1n) is 5.49. The molecule has 104 valence electrons.